The van der Waals surface area contributed by atoms with Crippen LogP contribution in [0.2, 0.25) is 0 Å². The third kappa shape index (κ3) is 6.63. The summed E-state index contributed by atoms with van der Waals surface area (Å²) < 4.78 is 51.8. The van der Waals surface area contributed by atoms with Gasteiger partial charge < -0.3 is 5.11 Å². The number of unbranched alkanes of at least 4 members (excludes halogenated alkanes) is 3. The SMILES string of the molecule is O=C(O)CCCCCCNS(=O)(=O)c1cc(F)cc(F)c1. The third-order valence-electron chi connectivity index (χ3n) is 2.76. The minimum atomic E-state index is -3.94. The van der Waals surface area contributed by atoms with Gasteiger partial charge in [0.15, 0.2) is 0 Å². The van der Waals surface area contributed by atoms with Crippen LogP contribution in [0, 0.1) is 11.6 Å². The first-order valence-corrected chi connectivity index (χ1v) is 7.97. The molecule has 8 heteroatoms. The lowest BCUT2D eigenvalue weighted by atomic mass is 10.1. The predicted molar refractivity (Wildman–Crippen MR) is 72.3 cm³/mol. The lowest BCUT2D eigenvalue weighted by Gasteiger charge is -2.07. The summed E-state index contributed by atoms with van der Waals surface area (Å²) in [6.07, 6.45) is 2.51. The molecule has 0 unspecified atom stereocenters. The van der Waals surface area contributed by atoms with Gasteiger partial charge in [0.2, 0.25) is 10.0 Å². The van der Waals surface area contributed by atoms with Crippen LogP contribution >= 0.6 is 0 Å². The van der Waals surface area contributed by atoms with Crippen LogP contribution in [0.15, 0.2) is 23.1 Å². The van der Waals surface area contributed by atoms with E-state index < -0.39 is 32.5 Å². The number of carbonyl (C=O) groups is 1. The molecular weight excluding hydrogens is 304 g/mol. The van der Waals surface area contributed by atoms with Gasteiger partial charge in [-0.3, -0.25) is 4.79 Å². The normalized spacial score (nSPS) is 11.5. The molecule has 0 aliphatic heterocycles. The second kappa shape index (κ2) is 8.04. The van der Waals surface area contributed by atoms with Crippen LogP contribution in [0.4, 0.5) is 8.78 Å². The largest absolute Gasteiger partial charge is 0.481 e. The van der Waals surface area contributed by atoms with E-state index in [9.17, 15) is 22.0 Å². The Morgan fingerprint density at radius 3 is 2.19 bits per heavy atom. The van der Waals surface area contributed by atoms with Gasteiger partial charge in [0.25, 0.3) is 0 Å². The Morgan fingerprint density at radius 2 is 1.62 bits per heavy atom. The summed E-state index contributed by atoms with van der Waals surface area (Å²) in [5, 5.41) is 8.44. The molecule has 0 aromatic heterocycles. The maximum Gasteiger partial charge on any atom is 0.303 e. The van der Waals surface area contributed by atoms with E-state index in [2.05, 4.69) is 4.72 Å². The van der Waals surface area contributed by atoms with Crippen molar-refractivity contribution in [3.05, 3.63) is 29.8 Å². The van der Waals surface area contributed by atoms with Crippen molar-refractivity contribution < 1.29 is 27.1 Å². The molecule has 0 heterocycles. The Morgan fingerprint density at radius 1 is 1.05 bits per heavy atom. The van der Waals surface area contributed by atoms with Gasteiger partial charge in [-0.05, 0) is 25.0 Å². The average Bonchev–Trinajstić information content (AvgIpc) is 2.36. The van der Waals surface area contributed by atoms with Crippen LogP contribution in [-0.2, 0) is 14.8 Å². The van der Waals surface area contributed by atoms with Gasteiger partial charge in [0, 0.05) is 19.0 Å². The Bertz CT molecular complexity index is 570. The molecule has 118 valence electrons. The van der Waals surface area contributed by atoms with Crippen molar-refractivity contribution in [2.45, 2.75) is 37.0 Å². The summed E-state index contributed by atoms with van der Waals surface area (Å²) in [7, 11) is -3.94. The minimum Gasteiger partial charge on any atom is -0.481 e. The van der Waals surface area contributed by atoms with Gasteiger partial charge in [-0.25, -0.2) is 21.9 Å². The molecule has 0 saturated carbocycles. The molecule has 1 aromatic carbocycles. The first kappa shape index (κ1) is 17.5. The number of nitrogens with one attached hydrogen (secondary N) is 1. The predicted octanol–water partition coefficient (Wildman–Crippen LogP) is 2.28. The highest BCUT2D eigenvalue weighted by Gasteiger charge is 2.15. The second-order valence-corrected chi connectivity index (χ2v) is 6.33. The van der Waals surface area contributed by atoms with Crippen LogP contribution in [-0.4, -0.2) is 26.0 Å². The zero-order valence-corrected chi connectivity index (χ0v) is 12.1. The van der Waals surface area contributed by atoms with Crippen LogP contribution in [0.3, 0.4) is 0 Å². The van der Waals surface area contributed by atoms with Crippen molar-refractivity contribution in [2.75, 3.05) is 6.54 Å². The lowest BCUT2D eigenvalue weighted by molar-refractivity contribution is -0.137. The number of sulfonamides is 1. The number of halogens is 2. The standard InChI is InChI=1S/C13H17F2NO4S/c14-10-7-11(15)9-12(8-10)21(19,20)16-6-4-2-1-3-5-13(17)18/h7-9,16H,1-6H2,(H,17,18). The van der Waals surface area contributed by atoms with E-state index in [0.29, 0.717) is 31.7 Å². The van der Waals surface area contributed by atoms with E-state index >= 15 is 0 Å². The first-order chi connectivity index (χ1) is 9.81. The van der Waals surface area contributed by atoms with Crippen LogP contribution < -0.4 is 4.72 Å². The molecule has 1 rings (SSSR count). The van der Waals surface area contributed by atoms with E-state index in [0.717, 1.165) is 12.1 Å². The molecular formula is C13H17F2NO4S. The molecule has 1 aromatic rings. The maximum absolute atomic E-state index is 13.0. The highest BCUT2D eigenvalue weighted by molar-refractivity contribution is 7.89. The summed E-state index contributed by atoms with van der Waals surface area (Å²) >= 11 is 0. The van der Waals surface area contributed by atoms with Gasteiger partial charge in [-0.2, -0.15) is 0 Å². The number of carboxylic acid groups (broad SMARTS) is 1. The second-order valence-electron chi connectivity index (χ2n) is 4.56. The summed E-state index contributed by atoms with van der Waals surface area (Å²) in [4.78, 5) is 9.83. The van der Waals surface area contributed by atoms with Crippen LogP contribution in [0.1, 0.15) is 32.1 Å². The van der Waals surface area contributed by atoms with Gasteiger partial charge in [0.05, 0.1) is 4.90 Å². The van der Waals surface area contributed by atoms with Gasteiger partial charge in [0.1, 0.15) is 11.6 Å². The average molecular weight is 321 g/mol. The highest BCUT2D eigenvalue weighted by Crippen LogP contribution is 2.13. The molecule has 0 amide bonds. The van der Waals surface area contributed by atoms with Crippen molar-refractivity contribution >= 4 is 16.0 Å². The number of rotatable bonds is 9. The minimum absolute atomic E-state index is 0.0916. The monoisotopic (exact) mass is 321 g/mol. The Balaban J connectivity index is 2.38. The Kier molecular flexibility index (Phi) is 6.70. The molecule has 21 heavy (non-hydrogen) atoms. The summed E-state index contributed by atoms with van der Waals surface area (Å²) in [6, 6.07) is 2.10. The number of aliphatic carboxylic acids is 1. The zero-order valence-electron chi connectivity index (χ0n) is 11.3. The summed E-state index contributed by atoms with van der Waals surface area (Å²) in [5.74, 6) is -2.77. The van der Waals surface area contributed by atoms with E-state index in [-0.39, 0.29) is 13.0 Å². The Labute approximate surface area is 122 Å². The lowest BCUT2D eigenvalue weighted by Crippen LogP contribution is -2.25. The van der Waals surface area contributed by atoms with E-state index in [1.54, 1.807) is 0 Å². The number of hydrogen-bond acceptors (Lipinski definition) is 3. The number of benzene rings is 1. The molecule has 0 saturated heterocycles. The maximum atomic E-state index is 13.0. The summed E-state index contributed by atoms with van der Waals surface area (Å²) in [5.41, 5.74) is 0. The molecule has 0 aliphatic carbocycles. The van der Waals surface area contributed by atoms with Crippen molar-refractivity contribution in [2.24, 2.45) is 0 Å². The first-order valence-electron chi connectivity index (χ1n) is 6.49. The molecule has 0 fully saturated rings. The third-order valence-corrected chi connectivity index (χ3v) is 4.20. The fraction of sp³-hybridized carbons (Fsp3) is 0.462. The quantitative estimate of drug-likeness (QED) is 0.684. The molecule has 0 bridgehead atoms. The van der Waals surface area contributed by atoms with Gasteiger partial charge in [-0.1, -0.05) is 12.8 Å². The van der Waals surface area contributed by atoms with E-state index in [4.69, 9.17) is 5.11 Å². The molecule has 5 nitrogen and oxygen atoms in total. The topological polar surface area (TPSA) is 83.5 Å². The smallest absolute Gasteiger partial charge is 0.303 e. The number of hydrogen-bond donors (Lipinski definition) is 2. The highest BCUT2D eigenvalue weighted by atomic mass is 32.2. The van der Waals surface area contributed by atoms with E-state index in [1.165, 1.54) is 0 Å². The molecule has 0 aliphatic rings. The van der Waals surface area contributed by atoms with Crippen LogP contribution in [0.5, 0.6) is 0 Å². The fourth-order valence-corrected chi connectivity index (χ4v) is 2.84. The van der Waals surface area contributed by atoms with Gasteiger partial charge >= 0.3 is 5.97 Å². The molecule has 0 spiro atoms. The van der Waals surface area contributed by atoms with Crippen LogP contribution in [0.25, 0.3) is 0 Å². The molecule has 0 radical (unpaired) electrons. The zero-order chi connectivity index (χ0) is 15.9. The molecule has 2 N–H and O–H groups in total. The Hall–Kier alpha value is -1.54. The summed E-state index contributed by atoms with van der Waals surface area (Å²) in [6.45, 7) is 0.132. The van der Waals surface area contributed by atoms with Crippen molar-refractivity contribution in [1.82, 2.24) is 4.72 Å². The van der Waals surface area contributed by atoms with Crippen molar-refractivity contribution in [1.29, 1.82) is 0 Å². The number of carboxylic acids is 1. The van der Waals surface area contributed by atoms with E-state index in [1.807, 2.05) is 0 Å². The van der Waals surface area contributed by atoms with Crippen molar-refractivity contribution in [3.63, 3.8) is 0 Å². The van der Waals surface area contributed by atoms with Crippen molar-refractivity contribution in [3.8, 4) is 0 Å². The molecule has 0 atom stereocenters. The van der Waals surface area contributed by atoms with Gasteiger partial charge in [-0.15, -0.1) is 0 Å². The fourth-order valence-electron chi connectivity index (χ4n) is 1.73.